The van der Waals surface area contributed by atoms with Crippen molar-refractivity contribution in [2.24, 2.45) is 0 Å². The first kappa shape index (κ1) is 21.2. The van der Waals surface area contributed by atoms with Gasteiger partial charge in [-0.3, -0.25) is 9.35 Å². The Bertz CT molecular complexity index is 301. The van der Waals surface area contributed by atoms with Gasteiger partial charge in [0.15, 0.2) is 0 Å². The van der Waals surface area contributed by atoms with Crippen molar-refractivity contribution in [1.29, 1.82) is 0 Å². The van der Waals surface area contributed by atoms with E-state index in [0.29, 0.717) is 19.1 Å². The monoisotopic (exact) mass is 270 g/mol. The van der Waals surface area contributed by atoms with E-state index in [1.165, 1.54) is 0 Å². The summed E-state index contributed by atoms with van der Waals surface area (Å²) in [5.41, 5.74) is 0. The molecule has 0 fully saturated rings. The second kappa shape index (κ2) is 14.9. The van der Waals surface area contributed by atoms with Gasteiger partial charge in [0.2, 0.25) is 0 Å². The summed E-state index contributed by atoms with van der Waals surface area (Å²) in [5, 5.41) is 23.8. The second-order valence-corrected chi connectivity index (χ2v) is 4.02. The molecule has 0 saturated heterocycles. The largest absolute Gasteiger partial charge is 0.481 e. The fourth-order valence-electron chi connectivity index (χ4n) is 0.289. The number of aliphatic hydroxyl groups excluding tert-OH is 2. The molecule has 0 aromatic rings. The molecule has 0 radical (unpaired) electrons. The van der Waals surface area contributed by atoms with Crippen molar-refractivity contribution in [3.05, 3.63) is 0 Å². The number of aliphatic hydroxyl groups is 2. The Labute approximate surface area is 101 Å². The van der Waals surface area contributed by atoms with E-state index < -0.39 is 16.1 Å². The fourth-order valence-corrected chi connectivity index (χ4v) is 0.289. The molecular weight excluding hydrogens is 252 g/mol. The fraction of sp³-hybridized carbons (Fsp3) is 0.667. The highest BCUT2D eigenvalue weighted by atomic mass is 32.2. The molecule has 0 aliphatic heterocycles. The maximum absolute atomic E-state index is 9.19. The van der Waals surface area contributed by atoms with Crippen LogP contribution in [0.3, 0.4) is 0 Å². The summed E-state index contributed by atoms with van der Waals surface area (Å²) in [6, 6.07) is 0. The lowest BCUT2D eigenvalue weighted by atomic mass is 10.4. The van der Waals surface area contributed by atoms with Gasteiger partial charge in [0.1, 0.15) is 0 Å². The van der Waals surface area contributed by atoms with Crippen molar-refractivity contribution in [3.8, 4) is 11.8 Å². The van der Waals surface area contributed by atoms with Crippen LogP contribution in [-0.4, -0.2) is 53.7 Å². The first-order valence-corrected chi connectivity index (χ1v) is 6.29. The van der Waals surface area contributed by atoms with Gasteiger partial charge in [-0.2, -0.15) is 8.42 Å². The average Bonchev–Trinajstić information content (AvgIpc) is 2.09. The van der Waals surface area contributed by atoms with Gasteiger partial charge >= 0.3 is 0 Å². The first-order chi connectivity index (χ1) is 7.65. The Hall–Kier alpha value is -1.14. The predicted octanol–water partition coefficient (Wildman–Crippen LogP) is -0.650. The van der Waals surface area contributed by atoms with Crippen LogP contribution in [0, 0.1) is 11.8 Å². The molecule has 0 saturated carbocycles. The molecule has 0 aliphatic carbocycles. The molecule has 0 unspecified atom stereocenters. The third-order valence-electron chi connectivity index (χ3n) is 0.599. The van der Waals surface area contributed by atoms with Gasteiger partial charge in [-0.05, 0) is 0 Å². The molecule has 4 N–H and O–H groups in total. The second-order valence-electron chi connectivity index (χ2n) is 2.55. The molecule has 0 amide bonds. The van der Waals surface area contributed by atoms with Crippen molar-refractivity contribution >= 4 is 16.1 Å². The number of rotatable bonds is 2. The number of carboxylic acid groups (broad SMARTS) is 1. The molecule has 0 spiro atoms. The van der Waals surface area contributed by atoms with Crippen LogP contribution >= 0.6 is 0 Å². The first-order valence-electron chi connectivity index (χ1n) is 4.44. The standard InChI is InChI=1S/C6H10O2.C2H4O2.CH4O3S/c7-5-3-1-2-4-6-8;1-2(3)4;1-5(2,3)4/h7-8H,3-6H2;1H3,(H,3,4);1H3,(H,2,3,4). The molecule has 0 aromatic heterocycles. The third-order valence-corrected chi connectivity index (χ3v) is 0.599. The van der Waals surface area contributed by atoms with Gasteiger partial charge in [-0.15, -0.1) is 11.8 Å². The molecule has 0 heterocycles. The molecular formula is C9H18O7S. The highest BCUT2D eigenvalue weighted by molar-refractivity contribution is 7.85. The van der Waals surface area contributed by atoms with Gasteiger partial charge in [0.05, 0.1) is 19.5 Å². The smallest absolute Gasteiger partial charge is 0.300 e. The van der Waals surface area contributed by atoms with Gasteiger partial charge in [-0.25, -0.2) is 0 Å². The molecule has 0 rings (SSSR count). The maximum atomic E-state index is 9.19. The van der Waals surface area contributed by atoms with Crippen LogP contribution in [-0.2, 0) is 14.9 Å². The van der Waals surface area contributed by atoms with E-state index in [1.54, 1.807) is 0 Å². The van der Waals surface area contributed by atoms with E-state index in [2.05, 4.69) is 11.8 Å². The molecule has 102 valence electrons. The summed E-state index contributed by atoms with van der Waals surface area (Å²) in [6.07, 6.45) is 1.74. The van der Waals surface area contributed by atoms with Crippen molar-refractivity contribution in [2.75, 3.05) is 19.5 Å². The van der Waals surface area contributed by atoms with Crippen molar-refractivity contribution < 1.29 is 33.1 Å². The third kappa shape index (κ3) is 165. The van der Waals surface area contributed by atoms with Gasteiger partial charge in [-0.1, -0.05) is 0 Å². The number of carboxylic acids is 1. The topological polar surface area (TPSA) is 132 Å². The van der Waals surface area contributed by atoms with E-state index in [9.17, 15) is 8.42 Å². The zero-order valence-electron chi connectivity index (χ0n) is 9.75. The van der Waals surface area contributed by atoms with Crippen molar-refractivity contribution in [1.82, 2.24) is 0 Å². The molecule has 17 heavy (non-hydrogen) atoms. The van der Waals surface area contributed by atoms with Gasteiger partial charge < -0.3 is 15.3 Å². The zero-order valence-corrected chi connectivity index (χ0v) is 10.6. The van der Waals surface area contributed by atoms with E-state index in [-0.39, 0.29) is 13.2 Å². The highest BCUT2D eigenvalue weighted by Crippen LogP contribution is 1.73. The summed E-state index contributed by atoms with van der Waals surface area (Å²) >= 11 is 0. The number of carbonyl (C=O) groups is 1. The average molecular weight is 270 g/mol. The van der Waals surface area contributed by atoms with Crippen LogP contribution in [0.15, 0.2) is 0 Å². The summed E-state index contributed by atoms with van der Waals surface area (Å²) in [7, 11) is -3.67. The van der Waals surface area contributed by atoms with Crippen molar-refractivity contribution in [2.45, 2.75) is 19.8 Å². The predicted molar refractivity (Wildman–Crippen MR) is 62.0 cm³/mol. The molecule has 0 atom stereocenters. The van der Waals surface area contributed by atoms with Crippen LogP contribution in [0.4, 0.5) is 0 Å². The van der Waals surface area contributed by atoms with Crippen LogP contribution in [0.1, 0.15) is 19.8 Å². The zero-order chi connectivity index (χ0) is 14.3. The summed E-state index contributed by atoms with van der Waals surface area (Å²) in [5.74, 6) is 4.52. The number of hydrogen-bond donors (Lipinski definition) is 4. The minimum Gasteiger partial charge on any atom is -0.481 e. The lowest BCUT2D eigenvalue weighted by molar-refractivity contribution is -0.134. The Kier molecular flexibility index (Phi) is 18.5. The minimum absolute atomic E-state index is 0.110. The summed E-state index contributed by atoms with van der Waals surface area (Å²) in [4.78, 5) is 9.00. The van der Waals surface area contributed by atoms with E-state index in [4.69, 9.17) is 24.7 Å². The highest BCUT2D eigenvalue weighted by Gasteiger charge is 1.81. The van der Waals surface area contributed by atoms with Gasteiger partial charge in [0, 0.05) is 19.8 Å². The van der Waals surface area contributed by atoms with Gasteiger partial charge in [0.25, 0.3) is 16.1 Å². The summed E-state index contributed by atoms with van der Waals surface area (Å²) in [6.45, 7) is 1.30. The van der Waals surface area contributed by atoms with Crippen LogP contribution in [0.5, 0.6) is 0 Å². The number of hydrogen-bond acceptors (Lipinski definition) is 5. The molecule has 0 aromatic carbocycles. The lowest BCUT2D eigenvalue weighted by Gasteiger charge is -1.78. The molecule has 8 heteroatoms. The quantitative estimate of drug-likeness (QED) is 0.387. The normalized spacial score (nSPS) is 8.53. The number of aliphatic carboxylic acids is 1. The van der Waals surface area contributed by atoms with E-state index in [1.807, 2.05) is 0 Å². The van der Waals surface area contributed by atoms with Crippen LogP contribution in [0.25, 0.3) is 0 Å². The lowest BCUT2D eigenvalue weighted by Crippen LogP contribution is -1.88. The van der Waals surface area contributed by atoms with Crippen LogP contribution < -0.4 is 0 Å². The molecule has 7 nitrogen and oxygen atoms in total. The van der Waals surface area contributed by atoms with E-state index >= 15 is 0 Å². The maximum Gasteiger partial charge on any atom is 0.300 e. The molecule has 0 aliphatic rings. The van der Waals surface area contributed by atoms with E-state index in [0.717, 1.165) is 6.92 Å². The Morgan fingerprint density at radius 2 is 1.29 bits per heavy atom. The SMILES string of the molecule is CC(=O)O.CS(=O)(=O)O.OCCC#CCCO. The Morgan fingerprint density at radius 1 is 1.12 bits per heavy atom. The Balaban J connectivity index is -0.000000188. The Morgan fingerprint density at radius 3 is 1.41 bits per heavy atom. The summed E-state index contributed by atoms with van der Waals surface area (Å²) < 4.78 is 25.9. The molecule has 0 bridgehead atoms. The van der Waals surface area contributed by atoms with Crippen LogP contribution in [0.2, 0.25) is 0 Å². The minimum atomic E-state index is -3.67. The van der Waals surface area contributed by atoms with Crippen molar-refractivity contribution in [3.63, 3.8) is 0 Å².